The number of aliphatic hydroxyl groups excluding tert-OH is 2. The van der Waals surface area contributed by atoms with E-state index in [0.717, 1.165) is 6.07 Å². The summed E-state index contributed by atoms with van der Waals surface area (Å²) < 4.78 is 28.1. The van der Waals surface area contributed by atoms with Crippen molar-refractivity contribution in [2.45, 2.75) is 45.3 Å². The Morgan fingerprint density at radius 1 is 1.17 bits per heavy atom. The number of benzene rings is 1. The maximum Gasteiger partial charge on any atom is 0.256 e. The molecule has 2 heterocycles. The molecule has 3 rings (SSSR count). The lowest BCUT2D eigenvalue weighted by molar-refractivity contribution is -0.122. The zero-order valence-corrected chi connectivity index (χ0v) is 19.6. The molecule has 188 valence electrons. The van der Waals surface area contributed by atoms with Gasteiger partial charge in [0.1, 0.15) is 0 Å². The average molecular weight is 491 g/mol. The Labute approximate surface area is 200 Å². The minimum Gasteiger partial charge on any atom is -0.393 e. The predicted octanol–water partition coefficient (Wildman–Crippen LogP) is 1.77. The molecule has 1 aromatic heterocycles. The van der Waals surface area contributed by atoms with Gasteiger partial charge in [0.05, 0.1) is 35.5 Å². The molecule has 35 heavy (non-hydrogen) atoms. The predicted molar refractivity (Wildman–Crippen MR) is 125 cm³/mol. The van der Waals surface area contributed by atoms with Crippen molar-refractivity contribution in [3.63, 3.8) is 0 Å². The summed E-state index contributed by atoms with van der Waals surface area (Å²) in [6.07, 6.45) is -0.511. The van der Waals surface area contributed by atoms with Gasteiger partial charge >= 0.3 is 0 Å². The fraction of sp³-hybridized carbons (Fsp3) is 0.375. The number of carbonyl (C=O) groups is 3. The zero-order chi connectivity index (χ0) is 25.9. The van der Waals surface area contributed by atoms with E-state index in [4.69, 9.17) is 0 Å². The van der Waals surface area contributed by atoms with Crippen molar-refractivity contribution >= 4 is 35.1 Å². The maximum absolute atomic E-state index is 14.4. The third-order valence-electron chi connectivity index (χ3n) is 5.86. The summed E-state index contributed by atoms with van der Waals surface area (Å²) in [5, 5.41) is 27.5. The minimum absolute atomic E-state index is 0.0100. The van der Waals surface area contributed by atoms with E-state index in [0.29, 0.717) is 22.5 Å². The van der Waals surface area contributed by atoms with Crippen molar-refractivity contribution in [1.82, 2.24) is 15.6 Å². The van der Waals surface area contributed by atoms with Crippen LogP contribution in [0.1, 0.15) is 52.1 Å². The first-order chi connectivity index (χ1) is 16.5. The number of hydrogen-bond donors (Lipinski definition) is 6. The molecule has 1 aliphatic heterocycles. The van der Waals surface area contributed by atoms with E-state index in [2.05, 4.69) is 20.9 Å². The number of nitrogens with one attached hydrogen (secondary N) is 4. The number of aliphatic hydroxyl groups is 2. The Kier molecular flexibility index (Phi) is 8.03. The van der Waals surface area contributed by atoms with Crippen LogP contribution in [0.4, 0.5) is 14.5 Å². The lowest BCUT2D eigenvalue weighted by atomic mass is 10.0. The second-order valence-electron chi connectivity index (χ2n) is 8.42. The second kappa shape index (κ2) is 10.8. The summed E-state index contributed by atoms with van der Waals surface area (Å²) in [5.41, 5.74) is 1.67. The van der Waals surface area contributed by atoms with Crippen LogP contribution in [0.25, 0.3) is 11.6 Å². The first-order valence-corrected chi connectivity index (χ1v) is 11.1. The Morgan fingerprint density at radius 3 is 2.57 bits per heavy atom. The average Bonchev–Trinajstić information content (AvgIpc) is 3.25. The number of anilines is 1. The van der Waals surface area contributed by atoms with Gasteiger partial charge in [-0.05, 0) is 50.5 Å². The number of amides is 3. The van der Waals surface area contributed by atoms with Gasteiger partial charge in [-0.1, -0.05) is 0 Å². The third-order valence-corrected chi connectivity index (χ3v) is 5.86. The Hall–Kier alpha value is -3.57. The van der Waals surface area contributed by atoms with Gasteiger partial charge in [-0.15, -0.1) is 0 Å². The fourth-order valence-corrected chi connectivity index (χ4v) is 4.03. The van der Waals surface area contributed by atoms with Crippen molar-refractivity contribution in [2.75, 3.05) is 18.9 Å². The van der Waals surface area contributed by atoms with Gasteiger partial charge in [0.25, 0.3) is 11.8 Å². The van der Waals surface area contributed by atoms with Gasteiger partial charge in [0.2, 0.25) is 5.91 Å². The van der Waals surface area contributed by atoms with Crippen LogP contribution in [-0.2, 0) is 9.59 Å². The van der Waals surface area contributed by atoms with Gasteiger partial charge in [-0.3, -0.25) is 14.4 Å². The van der Waals surface area contributed by atoms with E-state index in [1.807, 2.05) is 0 Å². The molecule has 1 aliphatic rings. The van der Waals surface area contributed by atoms with Gasteiger partial charge in [0.15, 0.2) is 11.6 Å². The SMILES string of the molecule is CNC(=O)CC(O)CC(O)CCNC(=O)c1c(C)[nH]c(/C=C2\C(=O)Nc3ccc(F)c(F)c32)c1C. The van der Waals surface area contributed by atoms with Gasteiger partial charge < -0.3 is 31.1 Å². The molecule has 3 amide bonds. The van der Waals surface area contributed by atoms with Crippen LogP contribution in [0.3, 0.4) is 0 Å². The van der Waals surface area contributed by atoms with Crippen LogP contribution in [0.2, 0.25) is 0 Å². The largest absolute Gasteiger partial charge is 0.393 e. The molecule has 2 atom stereocenters. The molecule has 9 nitrogen and oxygen atoms in total. The van der Waals surface area contributed by atoms with Crippen LogP contribution < -0.4 is 16.0 Å². The Morgan fingerprint density at radius 2 is 1.89 bits per heavy atom. The first-order valence-electron chi connectivity index (χ1n) is 11.1. The van der Waals surface area contributed by atoms with Crippen molar-refractivity contribution < 1.29 is 33.4 Å². The van der Waals surface area contributed by atoms with Crippen LogP contribution in [0.15, 0.2) is 12.1 Å². The molecule has 0 saturated carbocycles. The van der Waals surface area contributed by atoms with Crippen LogP contribution in [0, 0.1) is 25.5 Å². The molecular weight excluding hydrogens is 462 g/mol. The Bertz CT molecular complexity index is 1190. The van der Waals surface area contributed by atoms with Crippen molar-refractivity contribution in [3.8, 4) is 0 Å². The molecule has 0 radical (unpaired) electrons. The molecule has 0 fully saturated rings. The highest BCUT2D eigenvalue weighted by Crippen LogP contribution is 2.36. The highest BCUT2D eigenvalue weighted by molar-refractivity contribution is 6.35. The smallest absolute Gasteiger partial charge is 0.256 e. The minimum atomic E-state index is -1.13. The third kappa shape index (κ3) is 5.75. The van der Waals surface area contributed by atoms with E-state index in [-0.39, 0.29) is 48.5 Å². The summed E-state index contributed by atoms with van der Waals surface area (Å²) in [6.45, 7) is 3.44. The number of aryl methyl sites for hydroxylation is 1. The number of aromatic nitrogens is 1. The summed E-state index contributed by atoms with van der Waals surface area (Å²) in [6, 6.07) is 2.22. The van der Waals surface area contributed by atoms with Crippen LogP contribution in [0.5, 0.6) is 0 Å². The second-order valence-corrected chi connectivity index (χ2v) is 8.42. The quantitative estimate of drug-likeness (QED) is 0.297. The number of hydrogen-bond acceptors (Lipinski definition) is 5. The highest BCUT2D eigenvalue weighted by Gasteiger charge is 2.30. The molecule has 0 saturated heterocycles. The maximum atomic E-state index is 14.4. The van der Waals surface area contributed by atoms with Gasteiger partial charge in [-0.2, -0.15) is 0 Å². The number of aromatic amines is 1. The Balaban J connectivity index is 1.69. The zero-order valence-electron chi connectivity index (χ0n) is 19.6. The molecule has 0 spiro atoms. The lowest BCUT2D eigenvalue weighted by Crippen LogP contribution is -2.30. The summed E-state index contributed by atoms with van der Waals surface area (Å²) in [5.74, 6) is -3.56. The lowest BCUT2D eigenvalue weighted by Gasteiger charge is -2.15. The molecule has 11 heteroatoms. The van der Waals surface area contributed by atoms with Crippen molar-refractivity contribution in [2.24, 2.45) is 0 Å². The summed E-state index contributed by atoms with van der Waals surface area (Å²) in [7, 11) is 1.45. The highest BCUT2D eigenvalue weighted by atomic mass is 19.2. The van der Waals surface area contributed by atoms with Crippen molar-refractivity contribution in [1.29, 1.82) is 0 Å². The van der Waals surface area contributed by atoms with E-state index < -0.39 is 35.7 Å². The monoisotopic (exact) mass is 490 g/mol. The molecule has 0 aliphatic carbocycles. The molecule has 1 aromatic carbocycles. The van der Waals surface area contributed by atoms with E-state index in [9.17, 15) is 33.4 Å². The number of rotatable bonds is 9. The normalized spacial score (nSPS) is 15.5. The van der Waals surface area contributed by atoms with E-state index in [1.54, 1.807) is 13.8 Å². The standard InChI is InChI=1S/C24H28F2N4O5/c1-11-18(10-15-21-17(30-23(15)34)5-4-16(25)22(21)26)29-12(2)20(11)24(35)28-7-6-13(31)8-14(32)9-19(33)27-3/h4-5,10,13-14,29,31-32H,6-9H2,1-3H3,(H,27,33)(H,28,35)(H,30,34)/b15-10-. The fourth-order valence-electron chi connectivity index (χ4n) is 4.03. The molecule has 0 bridgehead atoms. The van der Waals surface area contributed by atoms with Crippen LogP contribution in [-0.4, -0.2) is 58.7 Å². The van der Waals surface area contributed by atoms with Crippen molar-refractivity contribution in [3.05, 3.63) is 51.8 Å². The molecule has 6 N–H and O–H groups in total. The summed E-state index contributed by atoms with van der Waals surface area (Å²) in [4.78, 5) is 39.4. The summed E-state index contributed by atoms with van der Waals surface area (Å²) >= 11 is 0. The number of carbonyl (C=O) groups excluding carboxylic acids is 3. The van der Waals surface area contributed by atoms with Gasteiger partial charge in [-0.25, -0.2) is 8.78 Å². The number of H-pyrrole nitrogens is 1. The molecule has 2 aromatic rings. The topological polar surface area (TPSA) is 144 Å². The number of halogens is 2. The molecule has 2 unspecified atom stereocenters. The number of fused-ring (bicyclic) bond motifs is 1. The van der Waals surface area contributed by atoms with E-state index in [1.165, 1.54) is 19.2 Å². The molecular formula is C24H28F2N4O5. The first kappa shape index (κ1) is 26.0. The van der Waals surface area contributed by atoms with E-state index >= 15 is 0 Å². The van der Waals surface area contributed by atoms with Gasteiger partial charge in [0, 0.05) is 30.5 Å². The van der Waals surface area contributed by atoms with Crippen LogP contribution >= 0.6 is 0 Å².